The molecule has 0 saturated heterocycles. The van der Waals surface area contributed by atoms with Gasteiger partial charge in [-0.05, 0) is 25.0 Å². The third kappa shape index (κ3) is 2.68. The maximum absolute atomic E-state index is 12.3. The van der Waals surface area contributed by atoms with Gasteiger partial charge in [0.2, 0.25) is 5.91 Å². The van der Waals surface area contributed by atoms with Crippen LogP contribution in [0, 0.1) is 17.2 Å². The van der Waals surface area contributed by atoms with Gasteiger partial charge < -0.3 is 4.90 Å². The van der Waals surface area contributed by atoms with E-state index in [1.807, 2.05) is 19.1 Å². The summed E-state index contributed by atoms with van der Waals surface area (Å²) in [6, 6.07) is 10.3. The summed E-state index contributed by atoms with van der Waals surface area (Å²) in [4.78, 5) is 15.1. The van der Waals surface area contributed by atoms with E-state index >= 15 is 0 Å². The number of carbonyl (C=O) groups is 1. The van der Waals surface area contributed by atoms with E-state index < -0.39 is 0 Å². The number of nitrogens with zero attached hydrogens (tertiary/aromatic N) is 2. The maximum Gasteiger partial charge on any atom is 0.236 e. The summed E-state index contributed by atoms with van der Waals surface area (Å²) < 4.78 is 0. The quantitative estimate of drug-likeness (QED) is 0.837. The summed E-state index contributed by atoms with van der Waals surface area (Å²) in [6.45, 7) is 2.34. The first-order chi connectivity index (χ1) is 8.61. The van der Waals surface area contributed by atoms with Gasteiger partial charge in [-0.15, -0.1) is 11.8 Å². The van der Waals surface area contributed by atoms with Crippen molar-refractivity contribution < 1.29 is 4.79 Å². The summed E-state index contributed by atoms with van der Waals surface area (Å²) >= 11 is 1.63. The molecule has 3 nitrogen and oxygen atoms in total. The Balaban J connectivity index is 1.99. The molecule has 0 fully saturated rings. The van der Waals surface area contributed by atoms with Crippen molar-refractivity contribution in [1.29, 1.82) is 5.26 Å². The van der Waals surface area contributed by atoms with E-state index in [0.29, 0.717) is 6.54 Å². The molecule has 0 spiro atoms. The first-order valence-electron chi connectivity index (χ1n) is 6.01. The molecule has 1 aliphatic heterocycles. The molecule has 94 valence electrons. The Morgan fingerprint density at radius 1 is 1.61 bits per heavy atom. The molecule has 1 heterocycles. The first-order valence-corrected chi connectivity index (χ1v) is 6.89. The highest BCUT2D eigenvalue weighted by Crippen LogP contribution is 2.37. The minimum Gasteiger partial charge on any atom is -0.343 e. The summed E-state index contributed by atoms with van der Waals surface area (Å²) in [6.07, 6.45) is 0.797. The number of nitriles is 1. The van der Waals surface area contributed by atoms with Gasteiger partial charge in [-0.2, -0.15) is 5.26 Å². The molecule has 1 aliphatic rings. The van der Waals surface area contributed by atoms with Crippen molar-refractivity contribution in [3.63, 3.8) is 0 Å². The number of rotatable bonds is 3. The lowest BCUT2D eigenvalue weighted by Crippen LogP contribution is -2.37. The van der Waals surface area contributed by atoms with Gasteiger partial charge >= 0.3 is 0 Å². The Hall–Kier alpha value is -1.47. The predicted octanol–water partition coefficient (Wildman–Crippen LogP) is 2.32. The molecule has 2 rings (SSSR count). The van der Waals surface area contributed by atoms with Gasteiger partial charge in [0.15, 0.2) is 0 Å². The van der Waals surface area contributed by atoms with Crippen molar-refractivity contribution in [3.05, 3.63) is 29.8 Å². The second-order valence-electron chi connectivity index (χ2n) is 4.67. The van der Waals surface area contributed by atoms with Crippen molar-refractivity contribution >= 4 is 17.7 Å². The molecule has 1 aromatic carbocycles. The lowest BCUT2D eigenvalue weighted by molar-refractivity contribution is -0.129. The van der Waals surface area contributed by atoms with Crippen molar-refractivity contribution in [2.75, 3.05) is 13.6 Å². The summed E-state index contributed by atoms with van der Waals surface area (Å²) in [5.41, 5.74) is 1.25. The Labute approximate surface area is 112 Å². The lowest BCUT2D eigenvalue weighted by Gasteiger charge is -2.21. The second-order valence-corrected chi connectivity index (χ2v) is 5.91. The highest BCUT2D eigenvalue weighted by Gasteiger charge is 2.30. The molecule has 4 heteroatoms. The highest BCUT2D eigenvalue weighted by atomic mass is 32.2. The summed E-state index contributed by atoms with van der Waals surface area (Å²) in [5.74, 6) is 0.00558. The normalized spacial score (nSPS) is 18.8. The number of thioether (sulfide) groups is 1. The third-order valence-electron chi connectivity index (χ3n) is 3.07. The van der Waals surface area contributed by atoms with Crippen LogP contribution in [0.4, 0.5) is 0 Å². The van der Waals surface area contributed by atoms with Gasteiger partial charge in [0.25, 0.3) is 0 Å². The fraction of sp³-hybridized carbons (Fsp3) is 0.429. The van der Waals surface area contributed by atoms with Crippen LogP contribution in [0.15, 0.2) is 29.2 Å². The molecule has 0 aliphatic carbocycles. The fourth-order valence-electron chi connectivity index (χ4n) is 2.11. The number of carbonyl (C=O) groups excluding carboxylic acids is 1. The van der Waals surface area contributed by atoms with Gasteiger partial charge in [0.1, 0.15) is 0 Å². The van der Waals surface area contributed by atoms with Gasteiger partial charge in [-0.3, -0.25) is 4.79 Å². The zero-order valence-corrected chi connectivity index (χ0v) is 11.4. The van der Waals surface area contributed by atoms with Crippen LogP contribution in [0.5, 0.6) is 0 Å². The van der Waals surface area contributed by atoms with Crippen LogP contribution in [0.2, 0.25) is 0 Å². The molecule has 2 atom stereocenters. The Bertz CT molecular complexity index is 470. The van der Waals surface area contributed by atoms with E-state index in [1.165, 1.54) is 10.5 Å². The molecule has 0 radical (unpaired) electrons. The van der Waals surface area contributed by atoms with Crippen LogP contribution in [0.3, 0.4) is 0 Å². The first kappa shape index (κ1) is 13.0. The van der Waals surface area contributed by atoms with Crippen molar-refractivity contribution in [3.8, 4) is 6.07 Å². The van der Waals surface area contributed by atoms with Crippen LogP contribution in [0.1, 0.15) is 12.5 Å². The fourth-order valence-corrected chi connectivity index (χ4v) is 3.42. The predicted molar refractivity (Wildman–Crippen MR) is 72.2 cm³/mol. The van der Waals surface area contributed by atoms with E-state index in [4.69, 9.17) is 5.26 Å². The van der Waals surface area contributed by atoms with Gasteiger partial charge in [0, 0.05) is 18.5 Å². The topological polar surface area (TPSA) is 44.1 Å². The minimum atomic E-state index is -0.118. The van der Waals surface area contributed by atoms with Crippen molar-refractivity contribution in [1.82, 2.24) is 4.90 Å². The van der Waals surface area contributed by atoms with Gasteiger partial charge in [-0.25, -0.2) is 0 Å². The molecule has 1 amide bonds. The second kappa shape index (κ2) is 5.45. The van der Waals surface area contributed by atoms with Gasteiger partial charge in [0.05, 0.1) is 17.2 Å². The molecule has 1 aromatic rings. The number of fused-ring (bicyclic) bond motifs is 1. The Morgan fingerprint density at radius 3 is 3.00 bits per heavy atom. The van der Waals surface area contributed by atoms with E-state index in [2.05, 4.69) is 18.2 Å². The molecule has 2 unspecified atom stereocenters. The van der Waals surface area contributed by atoms with Gasteiger partial charge in [-0.1, -0.05) is 18.2 Å². The molecule has 0 bridgehead atoms. The SMILES string of the molecule is CC(C#N)CN(C)C(=O)C1Cc2ccccc2S1. The molecular formula is C14H16N2OS. The van der Waals surface area contributed by atoms with E-state index in [9.17, 15) is 4.79 Å². The summed E-state index contributed by atoms with van der Waals surface area (Å²) in [5, 5.41) is 8.75. The summed E-state index contributed by atoms with van der Waals surface area (Å²) in [7, 11) is 1.78. The Morgan fingerprint density at radius 2 is 2.33 bits per heavy atom. The average molecular weight is 260 g/mol. The zero-order valence-electron chi connectivity index (χ0n) is 10.6. The number of hydrogen-bond acceptors (Lipinski definition) is 3. The molecule has 0 aromatic heterocycles. The van der Waals surface area contributed by atoms with Crippen LogP contribution < -0.4 is 0 Å². The van der Waals surface area contributed by atoms with E-state index in [1.54, 1.807) is 23.7 Å². The standard InChI is InChI=1S/C14H16N2OS/c1-10(8-15)9-16(2)14(17)13-7-11-5-3-4-6-12(11)18-13/h3-6,10,13H,7,9H2,1-2H3. The zero-order chi connectivity index (χ0) is 13.1. The average Bonchev–Trinajstić information content (AvgIpc) is 2.81. The van der Waals surface area contributed by atoms with E-state index in [-0.39, 0.29) is 17.1 Å². The third-order valence-corrected chi connectivity index (χ3v) is 4.37. The number of benzene rings is 1. The minimum absolute atomic E-state index is 0.0294. The van der Waals surface area contributed by atoms with Crippen LogP contribution >= 0.6 is 11.8 Å². The molecular weight excluding hydrogens is 244 g/mol. The monoisotopic (exact) mass is 260 g/mol. The smallest absolute Gasteiger partial charge is 0.236 e. The lowest BCUT2D eigenvalue weighted by atomic mass is 10.1. The number of amides is 1. The van der Waals surface area contributed by atoms with Crippen LogP contribution in [-0.2, 0) is 11.2 Å². The van der Waals surface area contributed by atoms with Crippen molar-refractivity contribution in [2.24, 2.45) is 5.92 Å². The largest absolute Gasteiger partial charge is 0.343 e. The van der Waals surface area contributed by atoms with Crippen LogP contribution in [0.25, 0.3) is 0 Å². The molecule has 0 saturated carbocycles. The maximum atomic E-state index is 12.3. The Kier molecular flexibility index (Phi) is 3.93. The van der Waals surface area contributed by atoms with Crippen LogP contribution in [-0.4, -0.2) is 29.6 Å². The number of hydrogen-bond donors (Lipinski definition) is 0. The molecule has 18 heavy (non-hydrogen) atoms. The highest BCUT2D eigenvalue weighted by molar-refractivity contribution is 8.01. The van der Waals surface area contributed by atoms with E-state index in [0.717, 1.165) is 6.42 Å². The molecule has 0 N–H and O–H groups in total. The van der Waals surface area contributed by atoms with Crippen molar-refractivity contribution in [2.45, 2.75) is 23.5 Å².